The second-order valence-electron chi connectivity index (χ2n) is 8.13. The van der Waals surface area contributed by atoms with Gasteiger partial charge in [-0.3, -0.25) is 0 Å². The van der Waals surface area contributed by atoms with Gasteiger partial charge in [0.15, 0.2) is 23.1 Å². The van der Waals surface area contributed by atoms with E-state index in [2.05, 4.69) is 20.6 Å². The third-order valence-corrected chi connectivity index (χ3v) is 5.68. The highest BCUT2D eigenvalue weighted by Gasteiger charge is 2.25. The fourth-order valence-corrected chi connectivity index (χ4v) is 3.88. The summed E-state index contributed by atoms with van der Waals surface area (Å²) in [5.74, 6) is 0.0419. The lowest BCUT2D eigenvalue weighted by Crippen LogP contribution is -2.31. The Morgan fingerprint density at radius 3 is 2.49 bits per heavy atom. The number of methoxy groups -OCH3 is 1. The molecule has 0 bridgehead atoms. The lowest BCUT2D eigenvalue weighted by Gasteiger charge is -2.22. The Bertz CT molecular complexity index is 1470. The van der Waals surface area contributed by atoms with Crippen molar-refractivity contribution in [1.29, 1.82) is 0 Å². The molecule has 37 heavy (non-hydrogen) atoms. The van der Waals surface area contributed by atoms with Crippen molar-refractivity contribution in [2.45, 2.75) is 13.0 Å². The molecule has 1 aliphatic heterocycles. The lowest BCUT2D eigenvalue weighted by molar-refractivity contribution is 0.167. The van der Waals surface area contributed by atoms with E-state index >= 15 is 0 Å². The smallest absolute Gasteiger partial charge is 0.319 e. The minimum absolute atomic E-state index is 0.0693. The summed E-state index contributed by atoms with van der Waals surface area (Å²) in [5, 5.41) is 5.70. The topological polar surface area (TPSA) is 104 Å². The van der Waals surface area contributed by atoms with E-state index in [-0.39, 0.29) is 23.1 Å². The molecule has 0 saturated heterocycles. The number of amides is 2. The lowest BCUT2D eigenvalue weighted by atomic mass is 10.1. The van der Waals surface area contributed by atoms with E-state index < -0.39 is 17.9 Å². The molecule has 11 heteroatoms. The first-order chi connectivity index (χ1) is 17.9. The van der Waals surface area contributed by atoms with Crippen LogP contribution in [0.5, 0.6) is 28.9 Å². The van der Waals surface area contributed by atoms with Crippen LogP contribution in [0.25, 0.3) is 10.9 Å². The summed E-state index contributed by atoms with van der Waals surface area (Å²) in [7, 11) is 1.51. The molecule has 9 nitrogen and oxygen atoms in total. The summed E-state index contributed by atoms with van der Waals surface area (Å²) in [4.78, 5) is 20.8. The van der Waals surface area contributed by atoms with E-state index in [4.69, 9.17) is 18.9 Å². The molecule has 2 N–H and O–H groups in total. The molecule has 0 aliphatic carbocycles. The second kappa shape index (κ2) is 10.1. The predicted molar refractivity (Wildman–Crippen MR) is 131 cm³/mol. The van der Waals surface area contributed by atoms with Gasteiger partial charge in [-0.15, -0.1) is 0 Å². The number of fused-ring (bicyclic) bond motifs is 3. The van der Waals surface area contributed by atoms with Crippen LogP contribution in [-0.4, -0.2) is 36.3 Å². The van der Waals surface area contributed by atoms with Gasteiger partial charge in [-0.05, 0) is 36.8 Å². The maximum absolute atomic E-state index is 15.0. The Hall–Kier alpha value is -4.67. The third-order valence-electron chi connectivity index (χ3n) is 5.68. The Morgan fingerprint density at radius 1 is 1.00 bits per heavy atom. The second-order valence-corrected chi connectivity index (χ2v) is 8.13. The molecular weight excluding hydrogens is 486 g/mol. The highest BCUT2D eigenvalue weighted by atomic mass is 19.1. The van der Waals surface area contributed by atoms with Crippen LogP contribution in [-0.2, 0) is 0 Å². The summed E-state index contributed by atoms with van der Waals surface area (Å²) in [6.07, 6.45) is 1.29. The maximum Gasteiger partial charge on any atom is 0.319 e. The number of nitrogens with one attached hydrogen (secondary N) is 2. The Balaban J connectivity index is 1.34. The van der Waals surface area contributed by atoms with E-state index in [1.807, 2.05) is 0 Å². The number of urea groups is 1. The van der Waals surface area contributed by atoms with Crippen molar-refractivity contribution in [3.8, 4) is 28.9 Å². The van der Waals surface area contributed by atoms with Gasteiger partial charge < -0.3 is 29.6 Å². The van der Waals surface area contributed by atoms with Crippen molar-refractivity contribution in [1.82, 2.24) is 15.3 Å². The maximum atomic E-state index is 15.0. The molecule has 0 radical (unpaired) electrons. The SMILES string of the molecule is COc1cc2ncnc(Oc3ccc(NC(=O)NC(C)c4ccc(F)cc4)cc3F)c2c2c1OCCO2. The van der Waals surface area contributed by atoms with Crippen molar-refractivity contribution in [3.63, 3.8) is 0 Å². The van der Waals surface area contributed by atoms with Crippen LogP contribution in [0.3, 0.4) is 0 Å². The van der Waals surface area contributed by atoms with E-state index in [9.17, 15) is 13.6 Å². The average Bonchev–Trinajstić information content (AvgIpc) is 2.90. The van der Waals surface area contributed by atoms with Crippen LogP contribution >= 0.6 is 0 Å². The van der Waals surface area contributed by atoms with E-state index in [0.29, 0.717) is 41.4 Å². The summed E-state index contributed by atoms with van der Waals surface area (Å²) >= 11 is 0. The van der Waals surface area contributed by atoms with Crippen LogP contribution in [0.1, 0.15) is 18.5 Å². The van der Waals surface area contributed by atoms with Crippen molar-refractivity contribution in [2.75, 3.05) is 25.6 Å². The van der Waals surface area contributed by atoms with Gasteiger partial charge in [0.1, 0.15) is 30.7 Å². The van der Waals surface area contributed by atoms with Crippen LogP contribution in [0.2, 0.25) is 0 Å². The highest BCUT2D eigenvalue weighted by Crippen LogP contribution is 2.47. The van der Waals surface area contributed by atoms with Crippen LogP contribution in [0.15, 0.2) is 54.9 Å². The molecule has 2 amide bonds. The molecule has 3 aromatic carbocycles. The summed E-state index contributed by atoms with van der Waals surface area (Å²) in [6.45, 7) is 2.40. The van der Waals surface area contributed by atoms with Crippen molar-refractivity contribution in [3.05, 3.63) is 72.1 Å². The molecule has 1 unspecified atom stereocenters. The first kappa shape index (κ1) is 24.0. The molecule has 1 aliphatic rings. The third kappa shape index (κ3) is 5.01. The number of anilines is 1. The number of hydrogen-bond donors (Lipinski definition) is 2. The number of rotatable bonds is 6. The summed E-state index contributed by atoms with van der Waals surface area (Å²) < 4.78 is 50.7. The van der Waals surface area contributed by atoms with Crippen molar-refractivity contribution in [2.24, 2.45) is 0 Å². The van der Waals surface area contributed by atoms with Crippen molar-refractivity contribution >= 4 is 22.6 Å². The molecular formula is C26H22F2N4O5. The van der Waals surface area contributed by atoms with Crippen LogP contribution in [0.4, 0.5) is 19.3 Å². The van der Waals surface area contributed by atoms with Gasteiger partial charge in [0.25, 0.3) is 0 Å². The first-order valence-corrected chi connectivity index (χ1v) is 11.3. The van der Waals surface area contributed by atoms with Gasteiger partial charge in [-0.1, -0.05) is 12.1 Å². The summed E-state index contributed by atoms with van der Waals surface area (Å²) in [6, 6.07) is 10.5. The monoisotopic (exact) mass is 508 g/mol. The van der Waals surface area contributed by atoms with E-state index in [1.54, 1.807) is 25.1 Å². The largest absolute Gasteiger partial charge is 0.493 e. The average molecular weight is 508 g/mol. The number of halogens is 2. The molecule has 0 spiro atoms. The zero-order valence-corrected chi connectivity index (χ0v) is 19.9. The quantitative estimate of drug-likeness (QED) is 0.361. The fraction of sp³-hybridized carbons (Fsp3) is 0.192. The first-order valence-electron chi connectivity index (χ1n) is 11.3. The van der Waals surface area contributed by atoms with E-state index in [1.165, 1.54) is 37.7 Å². The standard InChI is InChI=1S/C26H22F2N4O5/c1-14(15-3-5-16(27)6-4-15)31-26(33)32-17-7-8-20(18(28)11-17)37-25-22-19(29-13-30-25)12-21(34-2)23-24(22)36-10-9-35-23/h3-8,11-14H,9-10H2,1-2H3,(H2,31,32,33). The Labute approximate surface area is 210 Å². The predicted octanol–water partition coefficient (Wildman–Crippen LogP) is 5.36. The molecule has 1 aromatic heterocycles. The zero-order chi connectivity index (χ0) is 25.9. The Morgan fingerprint density at radius 2 is 1.76 bits per heavy atom. The zero-order valence-electron chi connectivity index (χ0n) is 19.9. The molecule has 4 aromatic rings. The highest BCUT2D eigenvalue weighted by molar-refractivity contribution is 5.94. The van der Waals surface area contributed by atoms with Crippen LogP contribution < -0.4 is 29.6 Å². The number of carbonyl (C=O) groups excluding carboxylic acids is 1. The molecule has 190 valence electrons. The minimum atomic E-state index is -0.726. The van der Waals surface area contributed by atoms with Gasteiger partial charge >= 0.3 is 6.03 Å². The van der Waals surface area contributed by atoms with Gasteiger partial charge in [0.05, 0.1) is 18.7 Å². The van der Waals surface area contributed by atoms with Gasteiger partial charge in [-0.2, -0.15) is 0 Å². The molecule has 0 fully saturated rings. The van der Waals surface area contributed by atoms with Crippen molar-refractivity contribution < 1.29 is 32.5 Å². The minimum Gasteiger partial charge on any atom is -0.493 e. The molecule has 1 atom stereocenters. The van der Waals surface area contributed by atoms with Crippen LogP contribution in [0, 0.1) is 11.6 Å². The normalized spacial score (nSPS) is 13.1. The number of ether oxygens (including phenoxy) is 4. The van der Waals surface area contributed by atoms with Gasteiger partial charge in [0, 0.05) is 17.8 Å². The summed E-state index contributed by atoms with van der Waals surface area (Å²) in [5.41, 5.74) is 1.40. The number of aromatic nitrogens is 2. The molecule has 5 rings (SSSR count). The number of carbonyl (C=O) groups is 1. The molecule has 0 saturated carbocycles. The number of nitrogens with zero attached hydrogens (tertiary/aromatic N) is 2. The van der Waals surface area contributed by atoms with Gasteiger partial charge in [0.2, 0.25) is 11.6 Å². The van der Waals surface area contributed by atoms with Gasteiger partial charge in [-0.25, -0.2) is 23.5 Å². The molecule has 2 heterocycles. The fourth-order valence-electron chi connectivity index (χ4n) is 3.88. The van der Waals surface area contributed by atoms with E-state index in [0.717, 1.165) is 11.6 Å². The Kier molecular flexibility index (Phi) is 6.59. The number of hydrogen-bond acceptors (Lipinski definition) is 7. The number of benzene rings is 3.